The third-order valence-electron chi connectivity index (χ3n) is 2.82. The van der Waals surface area contributed by atoms with Crippen molar-refractivity contribution in [3.8, 4) is 5.75 Å². The van der Waals surface area contributed by atoms with Gasteiger partial charge in [-0.2, -0.15) is 0 Å². The van der Waals surface area contributed by atoms with Crippen LogP contribution in [0.5, 0.6) is 5.75 Å². The van der Waals surface area contributed by atoms with Crippen molar-refractivity contribution in [2.75, 3.05) is 20.3 Å². The second-order valence-electron chi connectivity index (χ2n) is 3.93. The Kier molecular flexibility index (Phi) is 3.41. The summed E-state index contributed by atoms with van der Waals surface area (Å²) in [6, 6.07) is 5.15. The van der Waals surface area contributed by atoms with Crippen LogP contribution in [-0.2, 0) is 4.74 Å². The summed E-state index contributed by atoms with van der Waals surface area (Å²) in [5, 5.41) is 3.30. The molecule has 0 radical (unpaired) electrons. The molecule has 3 nitrogen and oxygen atoms in total. The van der Waals surface area contributed by atoms with Gasteiger partial charge in [0.05, 0.1) is 19.8 Å². The molecular formula is C12H16FNO2. The van der Waals surface area contributed by atoms with Crippen LogP contribution < -0.4 is 10.1 Å². The first-order valence-corrected chi connectivity index (χ1v) is 5.41. The van der Waals surface area contributed by atoms with Gasteiger partial charge in [0.25, 0.3) is 0 Å². The normalized spacial score (nSPS) is 25.4. The summed E-state index contributed by atoms with van der Waals surface area (Å²) < 4.78 is 24.0. The molecule has 1 aliphatic rings. The van der Waals surface area contributed by atoms with E-state index in [1.807, 2.05) is 13.0 Å². The van der Waals surface area contributed by atoms with Gasteiger partial charge >= 0.3 is 0 Å². The highest BCUT2D eigenvalue weighted by Crippen LogP contribution is 2.27. The topological polar surface area (TPSA) is 30.5 Å². The van der Waals surface area contributed by atoms with Crippen molar-refractivity contribution in [3.05, 3.63) is 29.6 Å². The number of hydrogen-bond donors (Lipinski definition) is 1. The summed E-state index contributed by atoms with van der Waals surface area (Å²) >= 11 is 0. The number of hydrogen-bond acceptors (Lipinski definition) is 3. The molecule has 1 saturated heterocycles. The van der Waals surface area contributed by atoms with E-state index in [0.717, 1.165) is 12.1 Å². The Bertz CT molecular complexity index is 370. The number of ether oxygens (including phenoxy) is 2. The molecule has 16 heavy (non-hydrogen) atoms. The summed E-state index contributed by atoms with van der Waals surface area (Å²) in [7, 11) is 1.46. The minimum Gasteiger partial charge on any atom is -0.494 e. The van der Waals surface area contributed by atoms with Crippen LogP contribution >= 0.6 is 0 Å². The highest BCUT2D eigenvalue weighted by Gasteiger charge is 2.24. The number of morpholine rings is 1. The first-order valence-electron chi connectivity index (χ1n) is 5.41. The van der Waals surface area contributed by atoms with Crippen molar-refractivity contribution in [1.29, 1.82) is 0 Å². The second kappa shape index (κ2) is 4.80. The lowest BCUT2D eigenvalue weighted by Crippen LogP contribution is -2.41. The van der Waals surface area contributed by atoms with Crippen molar-refractivity contribution in [3.63, 3.8) is 0 Å². The van der Waals surface area contributed by atoms with Gasteiger partial charge in [-0.05, 0) is 24.6 Å². The third kappa shape index (κ3) is 2.18. The first-order chi connectivity index (χ1) is 7.72. The van der Waals surface area contributed by atoms with E-state index in [1.54, 1.807) is 6.07 Å². The summed E-state index contributed by atoms with van der Waals surface area (Å²) in [6.45, 7) is 3.53. The van der Waals surface area contributed by atoms with E-state index in [2.05, 4.69) is 5.32 Å². The SMILES string of the molecule is COc1ccc(C2OCCNC2C)cc1F. The second-order valence-corrected chi connectivity index (χ2v) is 3.93. The van der Waals surface area contributed by atoms with E-state index in [0.29, 0.717) is 6.61 Å². The molecule has 1 aliphatic heterocycles. The number of benzene rings is 1. The van der Waals surface area contributed by atoms with Crippen LogP contribution in [0.25, 0.3) is 0 Å². The molecule has 0 saturated carbocycles. The molecule has 1 heterocycles. The molecule has 1 aromatic rings. The number of rotatable bonds is 2. The molecule has 1 N–H and O–H groups in total. The van der Waals surface area contributed by atoms with Crippen LogP contribution in [0.4, 0.5) is 4.39 Å². The van der Waals surface area contributed by atoms with Crippen LogP contribution in [0.1, 0.15) is 18.6 Å². The number of methoxy groups -OCH3 is 1. The molecule has 88 valence electrons. The molecule has 0 bridgehead atoms. The van der Waals surface area contributed by atoms with Crippen LogP contribution in [0.3, 0.4) is 0 Å². The molecule has 1 aromatic carbocycles. The fourth-order valence-electron chi connectivity index (χ4n) is 1.97. The fraction of sp³-hybridized carbons (Fsp3) is 0.500. The lowest BCUT2D eigenvalue weighted by Gasteiger charge is -2.30. The Hall–Kier alpha value is -1.13. The van der Waals surface area contributed by atoms with Gasteiger partial charge in [-0.25, -0.2) is 4.39 Å². The molecule has 4 heteroatoms. The van der Waals surface area contributed by atoms with Gasteiger partial charge in [0, 0.05) is 12.6 Å². The Labute approximate surface area is 94.6 Å². The highest BCUT2D eigenvalue weighted by atomic mass is 19.1. The molecule has 2 atom stereocenters. The number of nitrogens with one attached hydrogen (secondary N) is 1. The number of halogens is 1. The van der Waals surface area contributed by atoms with Gasteiger partial charge < -0.3 is 14.8 Å². The summed E-state index contributed by atoms with van der Waals surface area (Å²) in [4.78, 5) is 0. The average Bonchev–Trinajstić information content (AvgIpc) is 2.29. The maximum atomic E-state index is 13.5. The third-order valence-corrected chi connectivity index (χ3v) is 2.82. The average molecular weight is 225 g/mol. The predicted octanol–water partition coefficient (Wildman–Crippen LogP) is 1.88. The van der Waals surface area contributed by atoms with Gasteiger partial charge in [-0.1, -0.05) is 6.07 Å². The van der Waals surface area contributed by atoms with Crippen LogP contribution in [-0.4, -0.2) is 26.3 Å². The zero-order chi connectivity index (χ0) is 11.5. The Morgan fingerprint density at radius 2 is 2.31 bits per heavy atom. The highest BCUT2D eigenvalue weighted by molar-refractivity contribution is 5.31. The lowest BCUT2D eigenvalue weighted by molar-refractivity contribution is -0.000419. The summed E-state index contributed by atoms with van der Waals surface area (Å²) in [6.07, 6.45) is -0.0887. The van der Waals surface area contributed by atoms with E-state index in [9.17, 15) is 4.39 Å². The first kappa shape index (κ1) is 11.4. The van der Waals surface area contributed by atoms with Crippen LogP contribution in [0, 0.1) is 5.82 Å². The predicted molar refractivity (Wildman–Crippen MR) is 59.1 cm³/mol. The molecule has 0 spiro atoms. The van der Waals surface area contributed by atoms with Gasteiger partial charge in [0.1, 0.15) is 0 Å². The largest absolute Gasteiger partial charge is 0.494 e. The van der Waals surface area contributed by atoms with E-state index in [-0.39, 0.29) is 23.7 Å². The summed E-state index contributed by atoms with van der Waals surface area (Å²) in [5.41, 5.74) is 0.845. The van der Waals surface area contributed by atoms with Gasteiger partial charge in [-0.3, -0.25) is 0 Å². The molecular weight excluding hydrogens is 209 g/mol. The van der Waals surface area contributed by atoms with E-state index >= 15 is 0 Å². The lowest BCUT2D eigenvalue weighted by atomic mass is 10.0. The Morgan fingerprint density at radius 3 is 2.94 bits per heavy atom. The smallest absolute Gasteiger partial charge is 0.165 e. The van der Waals surface area contributed by atoms with Crippen molar-refractivity contribution in [2.24, 2.45) is 0 Å². The minimum absolute atomic E-state index is 0.0887. The fourth-order valence-corrected chi connectivity index (χ4v) is 1.97. The molecule has 0 aliphatic carbocycles. The van der Waals surface area contributed by atoms with Crippen molar-refractivity contribution in [2.45, 2.75) is 19.1 Å². The molecule has 0 aromatic heterocycles. The van der Waals surface area contributed by atoms with Crippen molar-refractivity contribution < 1.29 is 13.9 Å². The van der Waals surface area contributed by atoms with Crippen LogP contribution in [0.15, 0.2) is 18.2 Å². The van der Waals surface area contributed by atoms with Crippen LogP contribution in [0.2, 0.25) is 0 Å². The zero-order valence-corrected chi connectivity index (χ0v) is 9.50. The van der Waals surface area contributed by atoms with E-state index < -0.39 is 0 Å². The van der Waals surface area contributed by atoms with Crippen molar-refractivity contribution in [1.82, 2.24) is 5.32 Å². The monoisotopic (exact) mass is 225 g/mol. The van der Waals surface area contributed by atoms with Gasteiger partial charge in [-0.15, -0.1) is 0 Å². The Morgan fingerprint density at radius 1 is 1.50 bits per heavy atom. The molecule has 2 rings (SSSR count). The van der Waals surface area contributed by atoms with Gasteiger partial charge in [0.2, 0.25) is 0 Å². The maximum Gasteiger partial charge on any atom is 0.165 e. The molecule has 1 fully saturated rings. The van der Waals surface area contributed by atoms with Crippen molar-refractivity contribution >= 4 is 0 Å². The van der Waals surface area contributed by atoms with E-state index in [4.69, 9.17) is 9.47 Å². The van der Waals surface area contributed by atoms with Gasteiger partial charge in [0.15, 0.2) is 11.6 Å². The minimum atomic E-state index is -0.346. The summed E-state index contributed by atoms with van der Waals surface area (Å²) in [5.74, 6) is -0.0819. The maximum absolute atomic E-state index is 13.5. The van der Waals surface area contributed by atoms with E-state index in [1.165, 1.54) is 13.2 Å². The molecule has 0 amide bonds. The quantitative estimate of drug-likeness (QED) is 0.833. The molecule has 2 unspecified atom stereocenters. The zero-order valence-electron chi connectivity index (χ0n) is 9.50. The standard InChI is InChI=1S/C12H16FNO2/c1-8-12(16-6-5-14-8)9-3-4-11(15-2)10(13)7-9/h3-4,7-8,12,14H,5-6H2,1-2H3. The Balaban J connectivity index is 2.22.